The smallest absolute Gasteiger partial charge is 0.223 e. The minimum Gasteiger partial charge on any atom is -0.354 e. The normalized spacial score (nSPS) is 13.0. The summed E-state index contributed by atoms with van der Waals surface area (Å²) in [6.07, 6.45) is 1.78. The topological polar surface area (TPSA) is 66.5 Å². The second-order valence-corrected chi connectivity index (χ2v) is 7.55. The predicted molar refractivity (Wildman–Crippen MR) is 104 cm³/mol. The van der Waals surface area contributed by atoms with Gasteiger partial charge in [0.1, 0.15) is 0 Å². The van der Waals surface area contributed by atoms with Gasteiger partial charge in [0.05, 0.1) is 0 Å². The third-order valence-electron chi connectivity index (χ3n) is 4.01. The van der Waals surface area contributed by atoms with E-state index in [2.05, 4.69) is 12.2 Å². The van der Waals surface area contributed by atoms with E-state index in [-0.39, 0.29) is 29.4 Å². The number of nitrogens with one attached hydrogen (secondary N) is 1. The van der Waals surface area contributed by atoms with Crippen molar-refractivity contribution in [1.29, 1.82) is 0 Å². The third-order valence-corrected chi connectivity index (χ3v) is 5.20. The maximum absolute atomic E-state index is 12.5. The van der Waals surface area contributed by atoms with Crippen molar-refractivity contribution in [3.05, 3.63) is 29.8 Å². The maximum atomic E-state index is 12.5. The molecule has 0 spiro atoms. The lowest BCUT2D eigenvalue weighted by atomic mass is 10.0. The standard InChI is InChI=1S/C19H28N2O3S/c1-5-11-21(15(4)23)17-9-7-16(8-10-17)19(24)12-18(20-13-22)14(3)25-6-2/h7-10,13-14,18H,5-6,11-12H2,1-4H3,(H,20,22)/t14-,18?/m1/s1. The van der Waals surface area contributed by atoms with E-state index in [9.17, 15) is 14.4 Å². The molecule has 0 bridgehead atoms. The Hall–Kier alpha value is -1.82. The van der Waals surface area contributed by atoms with Crippen LogP contribution in [-0.2, 0) is 9.59 Å². The summed E-state index contributed by atoms with van der Waals surface area (Å²) < 4.78 is 0. The number of benzene rings is 1. The molecule has 138 valence electrons. The van der Waals surface area contributed by atoms with Crippen LogP contribution < -0.4 is 10.2 Å². The van der Waals surface area contributed by atoms with E-state index in [4.69, 9.17) is 0 Å². The number of rotatable bonds is 11. The number of hydrogen-bond acceptors (Lipinski definition) is 4. The largest absolute Gasteiger partial charge is 0.354 e. The van der Waals surface area contributed by atoms with Crippen molar-refractivity contribution in [3.8, 4) is 0 Å². The summed E-state index contributed by atoms with van der Waals surface area (Å²) in [5, 5.41) is 2.92. The van der Waals surface area contributed by atoms with Crippen LogP contribution in [0.15, 0.2) is 24.3 Å². The van der Waals surface area contributed by atoms with Gasteiger partial charge < -0.3 is 10.2 Å². The average Bonchev–Trinajstić information content (AvgIpc) is 2.59. The van der Waals surface area contributed by atoms with Crippen LogP contribution >= 0.6 is 11.8 Å². The lowest BCUT2D eigenvalue weighted by molar-refractivity contribution is -0.116. The minimum atomic E-state index is -0.191. The fourth-order valence-corrected chi connectivity index (χ4v) is 3.60. The highest BCUT2D eigenvalue weighted by molar-refractivity contribution is 7.99. The summed E-state index contributed by atoms with van der Waals surface area (Å²) >= 11 is 1.71. The van der Waals surface area contributed by atoms with Gasteiger partial charge in [-0.15, -0.1) is 0 Å². The zero-order valence-corrected chi connectivity index (χ0v) is 16.3. The number of carbonyl (C=O) groups excluding carboxylic acids is 3. The first kappa shape index (κ1) is 21.2. The van der Waals surface area contributed by atoms with Gasteiger partial charge in [0.15, 0.2) is 5.78 Å². The molecule has 0 aliphatic carbocycles. The molecule has 0 aliphatic rings. The summed E-state index contributed by atoms with van der Waals surface area (Å²) in [4.78, 5) is 36.8. The Morgan fingerprint density at radius 3 is 2.36 bits per heavy atom. The van der Waals surface area contributed by atoms with Gasteiger partial charge in [0.2, 0.25) is 12.3 Å². The summed E-state index contributed by atoms with van der Waals surface area (Å²) in [6, 6.07) is 6.91. The molecular weight excluding hydrogens is 336 g/mol. The number of hydrogen-bond donors (Lipinski definition) is 1. The monoisotopic (exact) mass is 364 g/mol. The molecule has 1 N–H and O–H groups in total. The van der Waals surface area contributed by atoms with Crippen molar-refractivity contribution in [2.24, 2.45) is 0 Å². The first-order valence-corrected chi connectivity index (χ1v) is 9.72. The molecule has 25 heavy (non-hydrogen) atoms. The number of carbonyl (C=O) groups is 3. The van der Waals surface area contributed by atoms with E-state index in [1.807, 2.05) is 13.8 Å². The highest BCUT2D eigenvalue weighted by atomic mass is 32.2. The van der Waals surface area contributed by atoms with Crippen LogP contribution in [0, 0.1) is 0 Å². The molecule has 2 amide bonds. The number of Topliss-reactive ketones (excluding diaryl/α,β-unsaturated/α-hetero) is 1. The van der Waals surface area contributed by atoms with E-state index in [1.165, 1.54) is 6.92 Å². The van der Waals surface area contributed by atoms with Crippen LogP contribution in [0.4, 0.5) is 5.69 Å². The summed E-state index contributed by atoms with van der Waals surface area (Å²) in [6.45, 7) is 8.28. The molecule has 0 saturated carbocycles. The second-order valence-electron chi connectivity index (χ2n) is 5.90. The average molecular weight is 365 g/mol. The van der Waals surface area contributed by atoms with Crippen molar-refractivity contribution in [2.45, 2.75) is 51.8 Å². The Bertz CT molecular complexity index is 575. The van der Waals surface area contributed by atoms with E-state index < -0.39 is 0 Å². The second kappa shape index (κ2) is 10.9. The fraction of sp³-hybridized carbons (Fsp3) is 0.526. The van der Waals surface area contributed by atoms with Crippen LogP contribution in [0.5, 0.6) is 0 Å². The zero-order valence-electron chi connectivity index (χ0n) is 15.5. The molecule has 0 aliphatic heterocycles. The first-order chi connectivity index (χ1) is 11.9. The van der Waals surface area contributed by atoms with E-state index >= 15 is 0 Å². The number of ketones is 1. The predicted octanol–water partition coefficient (Wildman–Crippen LogP) is 3.28. The molecule has 1 aromatic rings. The highest BCUT2D eigenvalue weighted by Crippen LogP contribution is 2.20. The number of thioether (sulfide) groups is 1. The van der Waals surface area contributed by atoms with Gasteiger partial charge in [-0.05, 0) is 36.4 Å². The van der Waals surface area contributed by atoms with Crippen molar-refractivity contribution >= 4 is 35.5 Å². The molecule has 0 fully saturated rings. The molecule has 2 atom stereocenters. The summed E-state index contributed by atoms with van der Waals surface area (Å²) in [5.41, 5.74) is 1.39. The number of nitrogens with zero attached hydrogens (tertiary/aromatic N) is 1. The Morgan fingerprint density at radius 2 is 1.88 bits per heavy atom. The van der Waals surface area contributed by atoms with Crippen molar-refractivity contribution in [1.82, 2.24) is 5.32 Å². The Morgan fingerprint density at radius 1 is 1.24 bits per heavy atom. The molecule has 0 aromatic heterocycles. The van der Waals surface area contributed by atoms with Crippen LogP contribution in [0.25, 0.3) is 0 Å². The molecule has 1 rings (SSSR count). The first-order valence-electron chi connectivity index (χ1n) is 8.67. The SMILES string of the molecule is CCCN(C(C)=O)c1ccc(C(=O)CC(NC=O)[C@@H](C)SCC)cc1. The molecule has 1 aromatic carbocycles. The molecule has 6 heteroatoms. The van der Waals surface area contributed by atoms with Crippen molar-refractivity contribution < 1.29 is 14.4 Å². The van der Waals surface area contributed by atoms with Crippen LogP contribution in [0.3, 0.4) is 0 Å². The van der Waals surface area contributed by atoms with Crippen molar-refractivity contribution in [2.75, 3.05) is 17.2 Å². The minimum absolute atomic E-state index is 0.0124. The Labute approximate surface area is 154 Å². The van der Waals surface area contributed by atoms with Gasteiger partial charge in [-0.2, -0.15) is 11.8 Å². The third kappa shape index (κ3) is 6.53. The summed E-state index contributed by atoms with van der Waals surface area (Å²) in [5.74, 6) is 0.903. The molecule has 0 heterocycles. The van der Waals surface area contributed by atoms with Gasteiger partial charge in [-0.3, -0.25) is 14.4 Å². The lowest BCUT2D eigenvalue weighted by Gasteiger charge is -2.22. The van der Waals surface area contributed by atoms with Gasteiger partial charge >= 0.3 is 0 Å². The molecule has 1 unspecified atom stereocenters. The van der Waals surface area contributed by atoms with Crippen LogP contribution in [-0.4, -0.2) is 41.7 Å². The molecule has 0 radical (unpaired) electrons. The number of amides is 2. The number of anilines is 1. The van der Waals surface area contributed by atoms with Crippen LogP contribution in [0.1, 0.15) is 50.9 Å². The van der Waals surface area contributed by atoms with E-state index in [1.54, 1.807) is 40.9 Å². The lowest BCUT2D eigenvalue weighted by Crippen LogP contribution is -2.38. The van der Waals surface area contributed by atoms with Gasteiger partial charge in [0, 0.05) is 42.4 Å². The molecule has 0 saturated heterocycles. The highest BCUT2D eigenvalue weighted by Gasteiger charge is 2.21. The molecular formula is C19H28N2O3S. The maximum Gasteiger partial charge on any atom is 0.223 e. The summed E-state index contributed by atoms with van der Waals surface area (Å²) in [7, 11) is 0. The Balaban J connectivity index is 2.84. The van der Waals surface area contributed by atoms with Crippen LogP contribution in [0.2, 0.25) is 0 Å². The van der Waals surface area contributed by atoms with Gasteiger partial charge in [0.25, 0.3) is 0 Å². The zero-order chi connectivity index (χ0) is 18.8. The fourth-order valence-electron chi connectivity index (χ4n) is 2.66. The quantitative estimate of drug-likeness (QED) is 0.483. The van der Waals surface area contributed by atoms with Crippen molar-refractivity contribution in [3.63, 3.8) is 0 Å². The van der Waals surface area contributed by atoms with Gasteiger partial charge in [-0.25, -0.2) is 0 Å². The Kier molecular flexibility index (Phi) is 9.27. The van der Waals surface area contributed by atoms with E-state index in [0.717, 1.165) is 17.9 Å². The van der Waals surface area contributed by atoms with E-state index in [0.29, 0.717) is 18.5 Å². The molecule has 5 nitrogen and oxygen atoms in total. The van der Waals surface area contributed by atoms with Gasteiger partial charge in [-0.1, -0.05) is 20.8 Å².